The molecule has 0 aliphatic carbocycles. The number of carbonyl (C=O) groups is 1. The van der Waals surface area contributed by atoms with Crippen molar-refractivity contribution >= 4 is 23.2 Å². The molecule has 2 aromatic rings. The molecule has 5 heteroatoms. The summed E-state index contributed by atoms with van der Waals surface area (Å²) >= 11 is 6.06. The van der Waals surface area contributed by atoms with Gasteiger partial charge in [0.1, 0.15) is 5.75 Å². The summed E-state index contributed by atoms with van der Waals surface area (Å²) in [7, 11) is 3.55. The fourth-order valence-corrected chi connectivity index (χ4v) is 2.45. The van der Waals surface area contributed by atoms with Crippen LogP contribution in [0.3, 0.4) is 0 Å². The molecule has 0 fully saturated rings. The van der Waals surface area contributed by atoms with Crippen molar-refractivity contribution in [1.29, 1.82) is 0 Å². The molecule has 0 aromatic heterocycles. The number of methoxy groups -OCH3 is 1. The van der Waals surface area contributed by atoms with Gasteiger partial charge in [-0.05, 0) is 49.4 Å². The summed E-state index contributed by atoms with van der Waals surface area (Å²) in [5.41, 5.74) is 2.75. The van der Waals surface area contributed by atoms with Gasteiger partial charge in [0, 0.05) is 17.3 Å². The van der Waals surface area contributed by atoms with Gasteiger partial charge in [0.15, 0.2) is 0 Å². The number of nitrogens with one attached hydrogen (secondary N) is 1. The van der Waals surface area contributed by atoms with Crippen molar-refractivity contribution in [3.8, 4) is 5.75 Å². The normalized spacial score (nSPS) is 10.7. The van der Waals surface area contributed by atoms with Crippen molar-refractivity contribution in [2.45, 2.75) is 13.5 Å². The average molecular weight is 333 g/mol. The summed E-state index contributed by atoms with van der Waals surface area (Å²) < 4.78 is 5.14. The number of anilines is 1. The van der Waals surface area contributed by atoms with Crippen LogP contribution in [0, 0.1) is 6.92 Å². The largest absolute Gasteiger partial charge is 0.497 e. The molecular formula is C18H21ClN2O2. The summed E-state index contributed by atoms with van der Waals surface area (Å²) in [5, 5.41) is 3.55. The average Bonchev–Trinajstić information content (AvgIpc) is 2.52. The minimum absolute atomic E-state index is 0.0635. The molecule has 122 valence electrons. The lowest BCUT2D eigenvalue weighted by Crippen LogP contribution is -2.30. The quantitative estimate of drug-likeness (QED) is 0.876. The van der Waals surface area contributed by atoms with E-state index >= 15 is 0 Å². The number of ether oxygens (including phenoxy) is 1. The van der Waals surface area contributed by atoms with Crippen LogP contribution in [0.1, 0.15) is 11.1 Å². The van der Waals surface area contributed by atoms with Crippen molar-refractivity contribution in [3.63, 3.8) is 0 Å². The highest BCUT2D eigenvalue weighted by Gasteiger charge is 2.10. The number of benzene rings is 2. The number of rotatable bonds is 6. The highest BCUT2D eigenvalue weighted by molar-refractivity contribution is 6.31. The molecule has 1 amide bonds. The van der Waals surface area contributed by atoms with Crippen LogP contribution in [-0.2, 0) is 11.3 Å². The third-order valence-electron chi connectivity index (χ3n) is 3.57. The monoisotopic (exact) mass is 332 g/mol. The lowest BCUT2D eigenvalue weighted by atomic mass is 10.2. The second-order valence-electron chi connectivity index (χ2n) is 5.48. The molecule has 1 N–H and O–H groups in total. The molecular weight excluding hydrogens is 312 g/mol. The van der Waals surface area contributed by atoms with Crippen LogP contribution in [0.5, 0.6) is 5.75 Å². The second kappa shape index (κ2) is 7.99. The molecule has 0 saturated heterocycles. The van der Waals surface area contributed by atoms with Crippen LogP contribution in [0.25, 0.3) is 0 Å². The lowest BCUT2D eigenvalue weighted by molar-refractivity contribution is -0.117. The molecule has 0 atom stereocenters. The topological polar surface area (TPSA) is 41.6 Å². The van der Waals surface area contributed by atoms with E-state index in [1.807, 2.05) is 61.3 Å². The molecule has 0 radical (unpaired) electrons. The number of nitrogens with zero attached hydrogens (tertiary/aromatic N) is 1. The van der Waals surface area contributed by atoms with Gasteiger partial charge in [-0.15, -0.1) is 0 Å². The highest BCUT2D eigenvalue weighted by Crippen LogP contribution is 2.22. The smallest absolute Gasteiger partial charge is 0.238 e. The molecule has 0 aliphatic rings. The predicted molar refractivity (Wildman–Crippen MR) is 94.1 cm³/mol. The number of likely N-dealkylation sites (N-methyl/N-ethyl adjacent to an activating group) is 1. The van der Waals surface area contributed by atoms with Crippen molar-refractivity contribution in [2.24, 2.45) is 0 Å². The number of carbonyl (C=O) groups excluding carboxylic acids is 1. The zero-order valence-electron chi connectivity index (χ0n) is 13.6. The first-order chi connectivity index (χ1) is 11.0. The number of amides is 1. The van der Waals surface area contributed by atoms with E-state index < -0.39 is 0 Å². The first-order valence-electron chi connectivity index (χ1n) is 7.36. The van der Waals surface area contributed by atoms with Crippen molar-refractivity contribution in [2.75, 3.05) is 26.0 Å². The van der Waals surface area contributed by atoms with Gasteiger partial charge in [-0.3, -0.25) is 9.69 Å². The van der Waals surface area contributed by atoms with E-state index in [9.17, 15) is 4.79 Å². The van der Waals surface area contributed by atoms with Gasteiger partial charge in [0.25, 0.3) is 0 Å². The first-order valence-corrected chi connectivity index (χ1v) is 7.74. The Morgan fingerprint density at radius 1 is 1.22 bits per heavy atom. The third-order valence-corrected chi connectivity index (χ3v) is 3.98. The number of halogens is 1. The molecule has 0 bridgehead atoms. The Kier molecular flexibility index (Phi) is 6.02. The maximum absolute atomic E-state index is 12.2. The molecule has 0 saturated carbocycles. The highest BCUT2D eigenvalue weighted by atomic mass is 35.5. The summed E-state index contributed by atoms with van der Waals surface area (Å²) in [6.07, 6.45) is 0. The number of hydrogen-bond acceptors (Lipinski definition) is 3. The molecule has 0 spiro atoms. The Bertz CT molecular complexity index is 671. The summed E-state index contributed by atoms with van der Waals surface area (Å²) in [6.45, 7) is 2.88. The van der Waals surface area contributed by atoms with E-state index in [4.69, 9.17) is 16.3 Å². The van der Waals surface area contributed by atoms with Crippen LogP contribution >= 0.6 is 11.6 Å². The molecule has 4 nitrogen and oxygen atoms in total. The summed E-state index contributed by atoms with van der Waals surface area (Å²) in [5.74, 6) is 0.761. The molecule has 2 aromatic carbocycles. The van der Waals surface area contributed by atoms with Gasteiger partial charge in [-0.1, -0.05) is 29.8 Å². The van der Waals surface area contributed by atoms with Crippen molar-refractivity contribution < 1.29 is 9.53 Å². The van der Waals surface area contributed by atoms with E-state index in [0.29, 0.717) is 18.1 Å². The van der Waals surface area contributed by atoms with Gasteiger partial charge >= 0.3 is 0 Å². The van der Waals surface area contributed by atoms with Crippen LogP contribution in [0.15, 0.2) is 42.5 Å². The van der Waals surface area contributed by atoms with Crippen molar-refractivity contribution in [1.82, 2.24) is 4.90 Å². The van der Waals surface area contributed by atoms with E-state index in [-0.39, 0.29) is 5.91 Å². The van der Waals surface area contributed by atoms with E-state index in [0.717, 1.165) is 22.6 Å². The SMILES string of the molecule is COc1ccc(CN(C)CC(=O)Nc2cccc(Cl)c2C)cc1. The van der Waals surface area contributed by atoms with Crippen LogP contribution in [-0.4, -0.2) is 31.5 Å². The van der Waals surface area contributed by atoms with E-state index in [2.05, 4.69) is 5.32 Å². The Labute approximate surface area is 142 Å². The lowest BCUT2D eigenvalue weighted by Gasteiger charge is -2.17. The first kappa shape index (κ1) is 17.3. The zero-order valence-corrected chi connectivity index (χ0v) is 14.4. The van der Waals surface area contributed by atoms with E-state index in [1.54, 1.807) is 7.11 Å². The zero-order chi connectivity index (χ0) is 16.8. The van der Waals surface area contributed by atoms with Gasteiger partial charge in [-0.2, -0.15) is 0 Å². The minimum atomic E-state index is -0.0635. The molecule has 23 heavy (non-hydrogen) atoms. The Morgan fingerprint density at radius 3 is 2.57 bits per heavy atom. The maximum Gasteiger partial charge on any atom is 0.238 e. The van der Waals surface area contributed by atoms with Crippen LogP contribution < -0.4 is 10.1 Å². The van der Waals surface area contributed by atoms with Gasteiger partial charge in [0.2, 0.25) is 5.91 Å². The molecule has 2 rings (SSSR count). The van der Waals surface area contributed by atoms with Crippen LogP contribution in [0.2, 0.25) is 5.02 Å². The Hall–Kier alpha value is -2.04. The maximum atomic E-state index is 12.2. The summed E-state index contributed by atoms with van der Waals surface area (Å²) in [6, 6.07) is 13.3. The second-order valence-corrected chi connectivity index (χ2v) is 5.89. The fraction of sp³-hybridized carbons (Fsp3) is 0.278. The minimum Gasteiger partial charge on any atom is -0.497 e. The third kappa shape index (κ3) is 4.98. The van der Waals surface area contributed by atoms with Gasteiger partial charge < -0.3 is 10.1 Å². The van der Waals surface area contributed by atoms with Gasteiger partial charge in [-0.25, -0.2) is 0 Å². The molecule has 0 unspecified atom stereocenters. The van der Waals surface area contributed by atoms with Gasteiger partial charge in [0.05, 0.1) is 13.7 Å². The number of hydrogen-bond donors (Lipinski definition) is 1. The standard InChI is InChI=1S/C18H21ClN2O2/c1-13-16(19)5-4-6-17(13)20-18(22)12-21(2)11-14-7-9-15(23-3)10-8-14/h4-10H,11-12H2,1-3H3,(H,20,22). The molecule has 0 heterocycles. The Morgan fingerprint density at radius 2 is 1.91 bits per heavy atom. The Balaban J connectivity index is 1.90. The fourth-order valence-electron chi connectivity index (χ4n) is 2.28. The van der Waals surface area contributed by atoms with Crippen LogP contribution in [0.4, 0.5) is 5.69 Å². The summed E-state index contributed by atoms with van der Waals surface area (Å²) in [4.78, 5) is 14.1. The predicted octanol–water partition coefficient (Wildman–Crippen LogP) is 3.73. The van der Waals surface area contributed by atoms with Crippen molar-refractivity contribution in [3.05, 3.63) is 58.6 Å². The molecule has 0 aliphatic heterocycles. The van der Waals surface area contributed by atoms with E-state index in [1.165, 1.54) is 0 Å².